The molecule has 3 heterocycles. The van der Waals surface area contributed by atoms with E-state index in [0.717, 1.165) is 60.1 Å². The third-order valence-corrected chi connectivity index (χ3v) is 5.89. The molecule has 1 aliphatic heterocycles. The highest BCUT2D eigenvalue weighted by molar-refractivity contribution is 6.28. The number of hydrazine groups is 1. The molecule has 1 saturated heterocycles. The minimum atomic E-state index is 0.000162. The number of phenolic OH excluding ortho intramolecular Hbond substituents is 1. The summed E-state index contributed by atoms with van der Waals surface area (Å²) in [5.74, 6) is 0.896. The van der Waals surface area contributed by atoms with E-state index in [2.05, 4.69) is 21.9 Å². The van der Waals surface area contributed by atoms with Crippen LogP contribution in [0.25, 0.3) is 22.0 Å². The summed E-state index contributed by atoms with van der Waals surface area (Å²) >= 11 is 0. The van der Waals surface area contributed by atoms with E-state index in [1.807, 2.05) is 13.0 Å². The average Bonchev–Trinajstić information content (AvgIpc) is 3.34. The Bertz CT molecular complexity index is 1120. The molecule has 0 spiro atoms. The topological polar surface area (TPSA) is 69.6 Å². The van der Waals surface area contributed by atoms with E-state index in [1.54, 1.807) is 24.5 Å². The molecule has 0 radical (unpaired) electrons. The summed E-state index contributed by atoms with van der Waals surface area (Å²) in [7, 11) is 0. The third-order valence-electron chi connectivity index (χ3n) is 5.89. The number of carbonyl (C=O) groups is 1. The van der Waals surface area contributed by atoms with Crippen molar-refractivity contribution in [1.29, 1.82) is 0 Å². The van der Waals surface area contributed by atoms with Crippen LogP contribution in [0.15, 0.2) is 30.6 Å². The molecule has 142 valence electrons. The molecule has 3 aromatic rings. The predicted molar refractivity (Wildman–Crippen MR) is 109 cm³/mol. The number of fused-ring (bicyclic) bond motifs is 5. The number of nitrogens with zero attached hydrogens (tertiary/aromatic N) is 4. The van der Waals surface area contributed by atoms with Gasteiger partial charge in [0.1, 0.15) is 5.75 Å². The first-order chi connectivity index (χ1) is 13.6. The second-order valence-corrected chi connectivity index (χ2v) is 7.42. The van der Waals surface area contributed by atoms with Crippen LogP contribution in [0.5, 0.6) is 5.75 Å². The number of hydrogen-bond donors (Lipinski definition) is 1. The van der Waals surface area contributed by atoms with E-state index < -0.39 is 0 Å². The number of phenols is 1. The number of carbonyl (C=O) groups excluding carboxylic acids is 1. The molecule has 0 saturated carbocycles. The van der Waals surface area contributed by atoms with Crippen LogP contribution in [0.3, 0.4) is 0 Å². The van der Waals surface area contributed by atoms with Gasteiger partial charge < -0.3 is 5.11 Å². The summed E-state index contributed by atoms with van der Waals surface area (Å²) in [6.07, 6.45) is 5.71. The van der Waals surface area contributed by atoms with Crippen molar-refractivity contribution in [3.8, 4) is 16.9 Å². The van der Waals surface area contributed by atoms with Crippen LogP contribution in [0.2, 0.25) is 0 Å². The number of aryl methyl sites for hydroxylation is 1. The van der Waals surface area contributed by atoms with Gasteiger partial charge in [0.25, 0.3) is 0 Å². The molecule has 0 unspecified atom stereocenters. The van der Waals surface area contributed by atoms with Gasteiger partial charge >= 0.3 is 0 Å². The van der Waals surface area contributed by atoms with Crippen molar-refractivity contribution in [2.45, 2.75) is 26.7 Å². The van der Waals surface area contributed by atoms with E-state index in [9.17, 15) is 9.90 Å². The highest BCUT2D eigenvalue weighted by atomic mass is 16.3. The van der Waals surface area contributed by atoms with E-state index >= 15 is 0 Å². The molecule has 1 fully saturated rings. The van der Waals surface area contributed by atoms with Crippen LogP contribution < -0.4 is 5.01 Å². The second kappa shape index (κ2) is 6.27. The van der Waals surface area contributed by atoms with Gasteiger partial charge in [-0.15, -0.1) is 0 Å². The number of pyridine rings is 2. The summed E-state index contributed by atoms with van der Waals surface area (Å²) in [6, 6.07) is 5.32. The molecule has 1 N–H and O–H groups in total. The number of aromatic nitrogens is 2. The standard InChI is InChI=1S/C22H22N4O2/c1-3-26(25-10-4-5-11-25)22-19-18(16-12-23-9-8-14(16)21(19)28)15-6-7-17(27)13(2)20(15)24-22/h6-9,12,27H,3-5,10-11H2,1-2H3. The monoisotopic (exact) mass is 374 g/mol. The van der Waals surface area contributed by atoms with Crippen LogP contribution in [0, 0.1) is 6.92 Å². The Labute approximate surface area is 163 Å². The number of hydrogen-bond acceptors (Lipinski definition) is 6. The van der Waals surface area contributed by atoms with E-state index in [-0.39, 0.29) is 11.5 Å². The lowest BCUT2D eigenvalue weighted by Gasteiger charge is -2.33. The number of aromatic hydroxyl groups is 1. The molecule has 1 aromatic carbocycles. The molecular formula is C22H22N4O2. The lowest BCUT2D eigenvalue weighted by molar-refractivity contribution is 0.104. The van der Waals surface area contributed by atoms with Gasteiger partial charge in [-0.3, -0.25) is 14.8 Å². The number of anilines is 1. The fourth-order valence-electron chi connectivity index (χ4n) is 4.48. The van der Waals surface area contributed by atoms with Gasteiger partial charge in [-0.1, -0.05) is 0 Å². The van der Waals surface area contributed by atoms with Crippen molar-refractivity contribution in [3.05, 3.63) is 47.3 Å². The molecule has 28 heavy (non-hydrogen) atoms. The Morgan fingerprint density at radius 1 is 1.14 bits per heavy atom. The minimum Gasteiger partial charge on any atom is -0.508 e. The molecule has 1 aliphatic carbocycles. The summed E-state index contributed by atoms with van der Waals surface area (Å²) < 4.78 is 0. The van der Waals surface area contributed by atoms with Gasteiger partial charge in [0.2, 0.25) is 0 Å². The lowest BCUT2D eigenvalue weighted by atomic mass is 9.99. The van der Waals surface area contributed by atoms with Gasteiger partial charge in [0.05, 0.1) is 11.1 Å². The zero-order valence-corrected chi connectivity index (χ0v) is 16.1. The number of rotatable bonds is 3. The smallest absolute Gasteiger partial charge is 0.198 e. The molecule has 0 bridgehead atoms. The van der Waals surface area contributed by atoms with Gasteiger partial charge in [-0.2, -0.15) is 0 Å². The normalized spacial score (nSPS) is 15.9. The van der Waals surface area contributed by atoms with Crippen LogP contribution in [0.1, 0.15) is 41.3 Å². The third kappa shape index (κ3) is 2.27. The lowest BCUT2D eigenvalue weighted by Crippen LogP contribution is -2.42. The second-order valence-electron chi connectivity index (χ2n) is 7.42. The molecule has 6 heteroatoms. The maximum Gasteiger partial charge on any atom is 0.198 e. The molecular weight excluding hydrogens is 352 g/mol. The van der Waals surface area contributed by atoms with Crippen LogP contribution >= 0.6 is 0 Å². The predicted octanol–water partition coefficient (Wildman–Crippen LogP) is 3.69. The molecule has 0 atom stereocenters. The van der Waals surface area contributed by atoms with Crippen molar-refractivity contribution in [2.24, 2.45) is 0 Å². The molecule has 0 amide bonds. The van der Waals surface area contributed by atoms with Crippen LogP contribution in [-0.2, 0) is 0 Å². The highest BCUT2D eigenvalue weighted by Gasteiger charge is 2.35. The summed E-state index contributed by atoms with van der Waals surface area (Å²) in [5, 5.41) is 15.6. The van der Waals surface area contributed by atoms with Gasteiger partial charge in [0, 0.05) is 59.7 Å². The maximum atomic E-state index is 13.4. The SMILES string of the molecule is CCN(c1nc2c(C)c(O)ccc2c2c1C(=O)c1ccncc1-2)N1CCCC1. The average molecular weight is 374 g/mol. The Hall–Kier alpha value is -2.99. The maximum absolute atomic E-state index is 13.4. The van der Waals surface area contributed by atoms with Crippen molar-refractivity contribution >= 4 is 22.5 Å². The molecule has 2 aliphatic rings. The molecule has 2 aromatic heterocycles. The Kier molecular flexibility index (Phi) is 3.84. The zero-order valence-electron chi connectivity index (χ0n) is 16.1. The van der Waals surface area contributed by atoms with E-state index in [0.29, 0.717) is 16.9 Å². The van der Waals surface area contributed by atoms with Crippen molar-refractivity contribution in [2.75, 3.05) is 24.6 Å². The summed E-state index contributed by atoms with van der Waals surface area (Å²) in [5.41, 5.74) is 4.50. The number of benzene rings is 1. The fourth-order valence-corrected chi connectivity index (χ4v) is 4.48. The first-order valence-corrected chi connectivity index (χ1v) is 9.79. The van der Waals surface area contributed by atoms with Crippen LogP contribution in [0.4, 0.5) is 5.82 Å². The Morgan fingerprint density at radius 2 is 1.93 bits per heavy atom. The minimum absolute atomic E-state index is 0.000162. The Morgan fingerprint density at radius 3 is 2.68 bits per heavy atom. The van der Waals surface area contributed by atoms with E-state index in [1.165, 1.54) is 0 Å². The summed E-state index contributed by atoms with van der Waals surface area (Å²) in [4.78, 5) is 22.6. The van der Waals surface area contributed by atoms with Crippen LogP contribution in [-0.4, -0.2) is 45.5 Å². The van der Waals surface area contributed by atoms with Gasteiger partial charge in [0.15, 0.2) is 11.6 Å². The zero-order chi connectivity index (χ0) is 19.4. The van der Waals surface area contributed by atoms with E-state index in [4.69, 9.17) is 4.98 Å². The molecule has 6 nitrogen and oxygen atoms in total. The number of ketones is 1. The van der Waals surface area contributed by atoms with Crippen molar-refractivity contribution in [3.63, 3.8) is 0 Å². The van der Waals surface area contributed by atoms with Crippen molar-refractivity contribution in [1.82, 2.24) is 15.0 Å². The highest BCUT2D eigenvalue weighted by Crippen LogP contribution is 2.46. The fraction of sp³-hybridized carbons (Fsp3) is 0.318. The first-order valence-electron chi connectivity index (χ1n) is 9.79. The van der Waals surface area contributed by atoms with Crippen molar-refractivity contribution < 1.29 is 9.90 Å². The summed E-state index contributed by atoms with van der Waals surface area (Å²) in [6.45, 7) is 6.60. The Balaban J connectivity index is 1.87. The first kappa shape index (κ1) is 17.1. The van der Waals surface area contributed by atoms with Gasteiger partial charge in [-0.05, 0) is 44.9 Å². The molecule has 5 rings (SSSR count). The largest absolute Gasteiger partial charge is 0.508 e. The van der Waals surface area contributed by atoms with Gasteiger partial charge in [-0.25, -0.2) is 9.99 Å². The quantitative estimate of drug-likeness (QED) is 0.590.